The van der Waals surface area contributed by atoms with Crippen molar-refractivity contribution >= 4 is 17.8 Å². The van der Waals surface area contributed by atoms with Crippen LogP contribution < -0.4 is 10.2 Å². The van der Waals surface area contributed by atoms with E-state index in [0.29, 0.717) is 11.6 Å². The fourth-order valence-corrected chi connectivity index (χ4v) is 2.90. The highest BCUT2D eigenvalue weighted by Crippen LogP contribution is 2.30. The van der Waals surface area contributed by atoms with Crippen molar-refractivity contribution in [2.24, 2.45) is 0 Å². The molecule has 102 valence electrons. The Labute approximate surface area is 121 Å². The van der Waals surface area contributed by atoms with Crippen molar-refractivity contribution in [1.82, 2.24) is 10.4 Å². The number of carbonyl (C=O) groups excluding carboxylic acids is 1. The Bertz CT molecular complexity index is 577. The van der Waals surface area contributed by atoms with Crippen LogP contribution in [0.4, 0.5) is 4.79 Å². The fraction of sp³-hybridized carbons (Fsp3) is 0.133. The Morgan fingerprint density at radius 3 is 2.35 bits per heavy atom. The van der Waals surface area contributed by atoms with Gasteiger partial charge in [0.2, 0.25) is 0 Å². The molecule has 20 heavy (non-hydrogen) atoms. The summed E-state index contributed by atoms with van der Waals surface area (Å²) in [4.78, 5) is 17.6. The second kappa shape index (κ2) is 5.88. The quantitative estimate of drug-likeness (QED) is 0.940. The van der Waals surface area contributed by atoms with Crippen LogP contribution in [0.25, 0.3) is 0 Å². The van der Waals surface area contributed by atoms with Gasteiger partial charge in [-0.3, -0.25) is 0 Å². The maximum Gasteiger partial charge on any atom is 0.352 e. The van der Waals surface area contributed by atoms with E-state index in [2.05, 4.69) is 5.32 Å². The van der Waals surface area contributed by atoms with Crippen molar-refractivity contribution < 1.29 is 9.63 Å². The molecule has 1 atom stereocenters. The normalized spacial score (nSPS) is 18.5. The van der Waals surface area contributed by atoms with Crippen molar-refractivity contribution in [2.45, 2.75) is 5.37 Å². The SMILES string of the molecule is O=C1NC(c2ccccc2)SCN1Oc1ccccc1. The fourth-order valence-electron chi connectivity index (χ4n) is 1.91. The molecule has 5 heteroatoms. The standard InChI is InChI=1S/C15H14N2O2S/c18-15-16-14(12-7-3-1-4-8-12)20-11-17(15)19-13-9-5-2-6-10-13/h1-10,14H,11H2,(H,16,18). The first-order valence-electron chi connectivity index (χ1n) is 6.30. The molecule has 2 aromatic carbocycles. The Morgan fingerprint density at radius 2 is 1.70 bits per heavy atom. The summed E-state index contributed by atoms with van der Waals surface area (Å²) in [6.45, 7) is 0. The van der Waals surface area contributed by atoms with Crippen LogP contribution in [0, 0.1) is 0 Å². The molecule has 0 radical (unpaired) electrons. The van der Waals surface area contributed by atoms with Crippen LogP contribution in [-0.4, -0.2) is 17.0 Å². The molecule has 1 aliphatic heterocycles. The molecular weight excluding hydrogens is 272 g/mol. The summed E-state index contributed by atoms with van der Waals surface area (Å²) in [5.41, 5.74) is 1.09. The summed E-state index contributed by atoms with van der Waals surface area (Å²) < 4.78 is 0. The number of para-hydroxylation sites is 1. The van der Waals surface area contributed by atoms with E-state index >= 15 is 0 Å². The highest BCUT2D eigenvalue weighted by atomic mass is 32.2. The molecule has 2 amide bonds. The second-order valence-corrected chi connectivity index (χ2v) is 5.38. The van der Waals surface area contributed by atoms with Crippen LogP contribution in [0.3, 0.4) is 0 Å². The van der Waals surface area contributed by atoms with Gasteiger partial charge >= 0.3 is 6.03 Å². The largest absolute Gasteiger partial charge is 0.375 e. The van der Waals surface area contributed by atoms with E-state index in [1.165, 1.54) is 5.06 Å². The maximum atomic E-state index is 12.1. The van der Waals surface area contributed by atoms with Crippen molar-refractivity contribution in [3.8, 4) is 5.75 Å². The molecule has 1 unspecified atom stereocenters. The van der Waals surface area contributed by atoms with Gasteiger partial charge in [-0.05, 0) is 17.7 Å². The van der Waals surface area contributed by atoms with Gasteiger partial charge in [-0.25, -0.2) is 4.79 Å². The van der Waals surface area contributed by atoms with E-state index in [9.17, 15) is 4.79 Å². The van der Waals surface area contributed by atoms with Crippen LogP contribution in [0.1, 0.15) is 10.9 Å². The summed E-state index contributed by atoms with van der Waals surface area (Å²) in [6.07, 6.45) is 0. The zero-order chi connectivity index (χ0) is 13.8. The number of hydrogen-bond acceptors (Lipinski definition) is 3. The minimum absolute atomic E-state index is 0.0284. The van der Waals surface area contributed by atoms with E-state index in [1.54, 1.807) is 11.8 Å². The molecule has 0 saturated carbocycles. The van der Waals surface area contributed by atoms with E-state index < -0.39 is 0 Å². The molecule has 1 fully saturated rings. The van der Waals surface area contributed by atoms with Crippen LogP contribution >= 0.6 is 11.8 Å². The summed E-state index contributed by atoms with van der Waals surface area (Å²) in [5.74, 6) is 1.14. The number of thioether (sulfide) groups is 1. The van der Waals surface area contributed by atoms with Gasteiger partial charge in [0.15, 0.2) is 5.75 Å². The number of benzene rings is 2. The van der Waals surface area contributed by atoms with E-state index in [1.807, 2.05) is 60.7 Å². The zero-order valence-corrected chi connectivity index (χ0v) is 11.5. The number of carbonyl (C=O) groups is 1. The average molecular weight is 286 g/mol. The molecule has 0 spiro atoms. The monoisotopic (exact) mass is 286 g/mol. The van der Waals surface area contributed by atoms with Crippen LogP contribution in [0.15, 0.2) is 60.7 Å². The van der Waals surface area contributed by atoms with E-state index in [4.69, 9.17) is 4.84 Å². The third kappa shape index (κ3) is 2.88. The summed E-state index contributed by atoms with van der Waals surface area (Å²) in [7, 11) is 0. The Morgan fingerprint density at radius 1 is 1.05 bits per heavy atom. The molecule has 0 aromatic heterocycles. The third-order valence-electron chi connectivity index (χ3n) is 2.90. The summed E-state index contributed by atoms with van der Waals surface area (Å²) >= 11 is 1.62. The highest BCUT2D eigenvalue weighted by molar-refractivity contribution is 7.99. The van der Waals surface area contributed by atoms with Crippen molar-refractivity contribution in [3.63, 3.8) is 0 Å². The molecule has 1 saturated heterocycles. The van der Waals surface area contributed by atoms with Gasteiger partial charge in [-0.2, -0.15) is 0 Å². The molecule has 1 aliphatic rings. The third-order valence-corrected chi connectivity index (χ3v) is 4.01. The van der Waals surface area contributed by atoms with Crippen LogP contribution in [0.5, 0.6) is 5.75 Å². The minimum Gasteiger partial charge on any atom is -0.375 e. The lowest BCUT2D eigenvalue weighted by Crippen LogP contribution is -2.47. The molecule has 0 bridgehead atoms. The molecular formula is C15H14N2O2S. The van der Waals surface area contributed by atoms with Crippen molar-refractivity contribution in [1.29, 1.82) is 0 Å². The number of nitrogens with zero attached hydrogens (tertiary/aromatic N) is 1. The number of hydroxylamine groups is 2. The van der Waals surface area contributed by atoms with Crippen LogP contribution in [0.2, 0.25) is 0 Å². The number of rotatable bonds is 3. The van der Waals surface area contributed by atoms with E-state index in [-0.39, 0.29) is 11.4 Å². The smallest absolute Gasteiger partial charge is 0.352 e. The lowest BCUT2D eigenvalue weighted by atomic mass is 10.2. The molecule has 0 aliphatic carbocycles. The summed E-state index contributed by atoms with van der Waals surface area (Å²) in [5, 5.41) is 4.23. The van der Waals surface area contributed by atoms with Gasteiger partial charge in [-0.1, -0.05) is 48.5 Å². The van der Waals surface area contributed by atoms with E-state index in [0.717, 1.165) is 5.56 Å². The predicted octanol–water partition coefficient (Wildman–Crippen LogP) is 3.40. The van der Waals surface area contributed by atoms with Gasteiger partial charge in [0.1, 0.15) is 11.3 Å². The highest BCUT2D eigenvalue weighted by Gasteiger charge is 2.27. The maximum absolute atomic E-state index is 12.1. The predicted molar refractivity (Wildman–Crippen MR) is 79.1 cm³/mol. The van der Waals surface area contributed by atoms with Gasteiger partial charge in [0, 0.05) is 0 Å². The van der Waals surface area contributed by atoms with Gasteiger partial charge < -0.3 is 10.2 Å². The lowest BCUT2D eigenvalue weighted by Gasteiger charge is -2.31. The van der Waals surface area contributed by atoms with Crippen LogP contribution in [-0.2, 0) is 0 Å². The molecule has 2 aromatic rings. The number of hydrogen-bond donors (Lipinski definition) is 1. The van der Waals surface area contributed by atoms with Gasteiger partial charge in [0.05, 0.1) is 0 Å². The molecule has 4 nitrogen and oxygen atoms in total. The second-order valence-electron chi connectivity index (χ2n) is 4.32. The molecule has 1 heterocycles. The Kier molecular flexibility index (Phi) is 3.78. The van der Waals surface area contributed by atoms with Crippen molar-refractivity contribution in [3.05, 3.63) is 66.2 Å². The van der Waals surface area contributed by atoms with Crippen molar-refractivity contribution in [2.75, 3.05) is 5.88 Å². The average Bonchev–Trinajstić information content (AvgIpc) is 2.51. The number of urea groups is 1. The number of amides is 2. The number of nitrogens with one attached hydrogen (secondary N) is 1. The first-order valence-corrected chi connectivity index (χ1v) is 7.35. The molecule has 3 rings (SSSR count). The van der Waals surface area contributed by atoms with Gasteiger partial charge in [0.25, 0.3) is 0 Å². The Hall–Kier alpha value is -2.14. The van der Waals surface area contributed by atoms with Gasteiger partial charge in [-0.15, -0.1) is 16.8 Å². The zero-order valence-electron chi connectivity index (χ0n) is 10.7. The lowest BCUT2D eigenvalue weighted by molar-refractivity contribution is 0.00217. The first-order chi connectivity index (χ1) is 9.83. The summed E-state index contributed by atoms with van der Waals surface area (Å²) in [6, 6.07) is 19.0. The topological polar surface area (TPSA) is 41.6 Å². The Balaban J connectivity index is 1.64. The first kappa shape index (κ1) is 12.9. The minimum atomic E-state index is -0.221. The molecule has 1 N–H and O–H groups in total.